The number of nitrogens with one attached hydrogen (secondary N) is 1. The van der Waals surface area contributed by atoms with Crippen LogP contribution in [-0.4, -0.2) is 66.6 Å². The Morgan fingerprint density at radius 1 is 1.19 bits per heavy atom. The second kappa shape index (κ2) is 10.7. The van der Waals surface area contributed by atoms with E-state index in [-0.39, 0.29) is 17.5 Å². The summed E-state index contributed by atoms with van der Waals surface area (Å²) in [5.74, 6) is -1.50. The number of hydrogen-bond acceptors (Lipinski definition) is 8. The summed E-state index contributed by atoms with van der Waals surface area (Å²) in [6, 6.07) is 4.88. The van der Waals surface area contributed by atoms with Crippen LogP contribution in [0.4, 0.5) is 4.39 Å². The van der Waals surface area contributed by atoms with Crippen LogP contribution in [0.5, 0.6) is 0 Å². The van der Waals surface area contributed by atoms with E-state index in [9.17, 15) is 31.2 Å². The van der Waals surface area contributed by atoms with E-state index in [0.717, 1.165) is 7.11 Å². The number of hydrogen-bond donors (Lipinski definition) is 1. The third-order valence-electron chi connectivity index (χ3n) is 3.88. The minimum Gasteiger partial charge on any atom is -0.772 e. The molecule has 0 aliphatic heterocycles. The van der Waals surface area contributed by atoms with Crippen LogP contribution in [0, 0.1) is 0 Å². The molecule has 0 fully saturated rings. The largest absolute Gasteiger partial charge is 0.772 e. The van der Waals surface area contributed by atoms with Gasteiger partial charge in [0.25, 0.3) is 10.1 Å². The third-order valence-corrected chi connectivity index (χ3v) is 6.41. The molecule has 0 aliphatic rings. The number of halogens is 1. The Morgan fingerprint density at radius 2 is 1.70 bits per heavy atom. The summed E-state index contributed by atoms with van der Waals surface area (Å²) in [5.41, 5.74) is 0.00846. The van der Waals surface area contributed by atoms with Gasteiger partial charge in [0.15, 0.2) is 16.8 Å². The summed E-state index contributed by atoms with van der Waals surface area (Å²) in [7, 11) is -1.77. The van der Waals surface area contributed by atoms with Gasteiger partial charge in [0, 0.05) is 17.5 Å². The summed E-state index contributed by atoms with van der Waals surface area (Å²) in [4.78, 5) is 24.7. The fourth-order valence-corrected chi connectivity index (χ4v) is 4.01. The van der Waals surface area contributed by atoms with Crippen LogP contribution < -0.4 is 5.32 Å². The van der Waals surface area contributed by atoms with E-state index >= 15 is 0 Å². The smallest absolute Gasteiger partial charge is 0.277 e. The van der Waals surface area contributed by atoms with E-state index in [1.807, 2.05) is 0 Å². The van der Waals surface area contributed by atoms with Crippen LogP contribution in [0.25, 0.3) is 0 Å². The van der Waals surface area contributed by atoms with Crippen LogP contribution in [-0.2, 0) is 25.4 Å². The van der Waals surface area contributed by atoms with Gasteiger partial charge in [0.05, 0.1) is 19.0 Å². The van der Waals surface area contributed by atoms with E-state index in [1.54, 1.807) is 7.05 Å². The van der Waals surface area contributed by atoms with Crippen molar-refractivity contribution in [1.29, 1.82) is 0 Å². The number of Topliss-reactive ketones (excluding diaryl/α,β-unsaturated/α-hetero) is 2. The lowest BCUT2D eigenvalue weighted by atomic mass is 10.0. The lowest BCUT2D eigenvalue weighted by Gasteiger charge is -2.18. The van der Waals surface area contributed by atoms with Crippen LogP contribution in [0.1, 0.15) is 33.6 Å². The van der Waals surface area contributed by atoms with E-state index in [0.29, 0.717) is 6.54 Å². The first-order chi connectivity index (χ1) is 12.7. The van der Waals surface area contributed by atoms with E-state index in [1.165, 1.54) is 24.3 Å². The molecule has 27 heavy (non-hydrogen) atoms. The average molecular weight is 422 g/mol. The minimum atomic E-state index is -4.28. The second-order valence-corrected chi connectivity index (χ2v) is 8.55. The Bertz CT molecular complexity index is 780. The number of rotatable bonds is 12. The molecule has 0 spiro atoms. The molecule has 0 aliphatic carbocycles. The molecule has 0 saturated heterocycles. The van der Waals surface area contributed by atoms with Crippen molar-refractivity contribution in [1.82, 2.24) is 5.32 Å². The van der Waals surface area contributed by atoms with E-state index < -0.39 is 56.4 Å². The predicted octanol–water partition coefficient (Wildman–Crippen LogP) is 0.614. The van der Waals surface area contributed by atoms with Gasteiger partial charge in [0.1, 0.15) is 0 Å². The molecule has 1 rings (SSSR count). The Balaban J connectivity index is 3.07. The number of alkyl halides is 1. The maximum Gasteiger partial charge on any atom is 0.277 e. The van der Waals surface area contributed by atoms with Crippen LogP contribution >= 0.6 is 0 Å². The summed E-state index contributed by atoms with van der Waals surface area (Å²) < 4.78 is 63.1. The van der Waals surface area contributed by atoms with Crippen molar-refractivity contribution in [3.05, 3.63) is 35.4 Å². The molecule has 0 amide bonds. The Morgan fingerprint density at radius 3 is 2.11 bits per heavy atom. The molecular formula is C16H21FNO7S2-. The monoisotopic (exact) mass is 422 g/mol. The lowest BCUT2D eigenvalue weighted by molar-refractivity contribution is 0.0967. The molecule has 3 unspecified atom stereocenters. The van der Waals surface area contributed by atoms with Gasteiger partial charge in [-0.3, -0.25) is 22.4 Å². The van der Waals surface area contributed by atoms with Gasteiger partial charge in [-0.25, -0.2) is 0 Å². The van der Waals surface area contributed by atoms with Gasteiger partial charge in [0.2, 0.25) is 0 Å². The normalized spacial score (nSPS) is 15.1. The first-order valence-electron chi connectivity index (χ1n) is 7.96. The highest BCUT2D eigenvalue weighted by atomic mass is 32.2. The molecule has 3 atom stereocenters. The predicted molar refractivity (Wildman–Crippen MR) is 96.7 cm³/mol. The summed E-state index contributed by atoms with van der Waals surface area (Å²) in [5, 5.41) is -0.188. The fourth-order valence-electron chi connectivity index (χ4n) is 2.38. The van der Waals surface area contributed by atoms with E-state index in [4.69, 9.17) is 0 Å². The van der Waals surface area contributed by atoms with E-state index in [2.05, 4.69) is 9.50 Å². The van der Waals surface area contributed by atoms with Crippen molar-refractivity contribution in [2.24, 2.45) is 0 Å². The molecular weight excluding hydrogens is 401 g/mol. The van der Waals surface area contributed by atoms with Crippen LogP contribution in [0.15, 0.2) is 24.3 Å². The maximum atomic E-state index is 12.6. The zero-order valence-corrected chi connectivity index (χ0v) is 16.5. The average Bonchev–Trinajstić information content (AvgIpc) is 2.65. The van der Waals surface area contributed by atoms with Gasteiger partial charge in [-0.15, -0.1) is 0 Å². The summed E-state index contributed by atoms with van der Waals surface area (Å²) >= 11 is -2.62. The fraction of sp³-hybridized carbons (Fsp3) is 0.500. The topological polar surface area (TPSA) is 130 Å². The molecule has 0 bridgehead atoms. The molecule has 11 heteroatoms. The first kappa shape index (κ1) is 23.5. The number of carbonyl (C=O) groups excluding carboxylic acids is 2. The van der Waals surface area contributed by atoms with Gasteiger partial charge >= 0.3 is 0 Å². The maximum absolute atomic E-state index is 12.6. The Hall–Kier alpha value is -1.53. The Labute approximate surface area is 159 Å². The first-order valence-corrected chi connectivity index (χ1v) is 10.6. The highest BCUT2D eigenvalue weighted by molar-refractivity contribution is 7.88. The van der Waals surface area contributed by atoms with Crippen molar-refractivity contribution in [3.63, 3.8) is 0 Å². The van der Waals surface area contributed by atoms with Crippen molar-refractivity contribution in [2.75, 3.05) is 27.4 Å². The van der Waals surface area contributed by atoms with Crippen molar-refractivity contribution < 1.29 is 35.3 Å². The van der Waals surface area contributed by atoms with Gasteiger partial charge in [-0.05, 0) is 31.1 Å². The lowest BCUT2D eigenvalue weighted by Crippen LogP contribution is -2.32. The molecule has 0 heterocycles. The molecule has 8 nitrogen and oxygen atoms in total. The number of benzene rings is 1. The molecule has 0 aromatic heterocycles. The van der Waals surface area contributed by atoms with Crippen molar-refractivity contribution in [2.45, 2.75) is 23.3 Å². The molecule has 0 radical (unpaired) electrons. The third kappa shape index (κ3) is 6.25. The molecule has 1 aromatic rings. The SMILES string of the molecule is CNCCC(C(=O)c1ccc(C(=O)C(CCF)S(=O)(=O)OC)cc1)S(=O)[O-]. The van der Waals surface area contributed by atoms with Crippen molar-refractivity contribution >= 4 is 32.8 Å². The highest BCUT2D eigenvalue weighted by Crippen LogP contribution is 2.18. The quantitative estimate of drug-likeness (QED) is 0.295. The van der Waals surface area contributed by atoms with Gasteiger partial charge in [-0.1, -0.05) is 24.3 Å². The minimum absolute atomic E-state index is 0.0550. The highest BCUT2D eigenvalue weighted by Gasteiger charge is 2.33. The zero-order valence-electron chi connectivity index (χ0n) is 14.8. The van der Waals surface area contributed by atoms with Crippen LogP contribution in [0.3, 0.4) is 0 Å². The molecule has 1 N–H and O–H groups in total. The summed E-state index contributed by atoms with van der Waals surface area (Å²) in [6.07, 6.45) is -0.478. The number of carbonyl (C=O) groups is 2. The second-order valence-electron chi connectivity index (χ2n) is 5.57. The standard InChI is InChI=1S/C16H22FNO7S2/c1-18-10-8-13(26(21)22)15(19)11-3-5-12(6-4-11)16(20)14(7-9-17)27(23,24)25-2/h3-6,13-14,18H,7-10H2,1-2H3,(H,21,22)/p-1. The van der Waals surface area contributed by atoms with Crippen LogP contribution in [0.2, 0.25) is 0 Å². The summed E-state index contributed by atoms with van der Waals surface area (Å²) in [6.45, 7) is -0.710. The van der Waals surface area contributed by atoms with Gasteiger partial charge < -0.3 is 9.87 Å². The molecule has 152 valence electrons. The Kier molecular flexibility index (Phi) is 9.33. The number of ketones is 2. The zero-order chi connectivity index (χ0) is 20.6. The molecule has 0 saturated carbocycles. The van der Waals surface area contributed by atoms with Crippen molar-refractivity contribution in [3.8, 4) is 0 Å². The van der Waals surface area contributed by atoms with Gasteiger partial charge in [-0.2, -0.15) is 8.42 Å². The molecule has 1 aromatic carbocycles.